The SMILES string of the molecule is CCNC(=NCc1ccc(-n2nc(C)cc2C)nc1)N1CCOC(c2cnn(C)c2)C1.I. The van der Waals surface area contributed by atoms with Crippen molar-refractivity contribution >= 4 is 29.9 Å². The molecule has 1 atom stereocenters. The molecule has 172 valence electrons. The zero-order valence-corrected chi connectivity index (χ0v) is 21.4. The highest BCUT2D eigenvalue weighted by Gasteiger charge is 2.25. The van der Waals surface area contributed by atoms with Crippen molar-refractivity contribution in [2.24, 2.45) is 12.0 Å². The fraction of sp³-hybridized carbons (Fsp3) is 0.455. The van der Waals surface area contributed by atoms with Crippen LogP contribution in [0.2, 0.25) is 0 Å². The lowest BCUT2D eigenvalue weighted by molar-refractivity contribution is -0.00805. The van der Waals surface area contributed by atoms with Crippen molar-refractivity contribution in [3.63, 3.8) is 0 Å². The molecule has 32 heavy (non-hydrogen) atoms. The molecule has 0 radical (unpaired) electrons. The van der Waals surface area contributed by atoms with E-state index in [9.17, 15) is 0 Å². The molecular formula is C22H31IN8O. The number of guanidine groups is 1. The first-order valence-corrected chi connectivity index (χ1v) is 10.7. The highest BCUT2D eigenvalue weighted by atomic mass is 127. The summed E-state index contributed by atoms with van der Waals surface area (Å²) in [5.41, 5.74) is 4.20. The molecular weight excluding hydrogens is 519 g/mol. The third-order valence-electron chi connectivity index (χ3n) is 5.24. The van der Waals surface area contributed by atoms with Crippen molar-refractivity contribution in [3.05, 3.63) is 59.3 Å². The lowest BCUT2D eigenvalue weighted by atomic mass is 10.1. The summed E-state index contributed by atoms with van der Waals surface area (Å²) in [4.78, 5) is 11.7. The monoisotopic (exact) mass is 550 g/mol. The van der Waals surface area contributed by atoms with Gasteiger partial charge < -0.3 is 15.0 Å². The number of halogens is 1. The van der Waals surface area contributed by atoms with E-state index in [2.05, 4.69) is 38.4 Å². The topological polar surface area (TPSA) is 85.4 Å². The number of aromatic nitrogens is 5. The second-order valence-electron chi connectivity index (χ2n) is 7.79. The van der Waals surface area contributed by atoms with Gasteiger partial charge in [-0.05, 0) is 38.5 Å². The Balaban J connectivity index is 0.00000289. The number of rotatable bonds is 5. The maximum absolute atomic E-state index is 5.97. The van der Waals surface area contributed by atoms with Crippen LogP contribution in [0, 0.1) is 13.8 Å². The largest absolute Gasteiger partial charge is 0.370 e. The molecule has 0 aromatic carbocycles. The van der Waals surface area contributed by atoms with Gasteiger partial charge in [-0.25, -0.2) is 14.7 Å². The van der Waals surface area contributed by atoms with Crippen molar-refractivity contribution in [2.75, 3.05) is 26.2 Å². The van der Waals surface area contributed by atoms with E-state index < -0.39 is 0 Å². The molecule has 0 amide bonds. The van der Waals surface area contributed by atoms with Crippen LogP contribution in [-0.4, -0.2) is 61.6 Å². The van der Waals surface area contributed by atoms with Crippen LogP contribution in [0.3, 0.4) is 0 Å². The Labute approximate surface area is 205 Å². The first-order chi connectivity index (χ1) is 15.0. The predicted octanol–water partition coefficient (Wildman–Crippen LogP) is 2.77. The van der Waals surface area contributed by atoms with E-state index in [0.717, 1.165) is 53.9 Å². The van der Waals surface area contributed by atoms with Gasteiger partial charge in [-0.1, -0.05) is 6.07 Å². The summed E-state index contributed by atoms with van der Waals surface area (Å²) in [5.74, 6) is 1.71. The normalized spacial score (nSPS) is 16.7. The summed E-state index contributed by atoms with van der Waals surface area (Å²) in [6, 6.07) is 6.09. The molecule has 4 rings (SSSR count). The second kappa shape index (κ2) is 10.9. The van der Waals surface area contributed by atoms with Gasteiger partial charge >= 0.3 is 0 Å². The maximum atomic E-state index is 5.97. The van der Waals surface area contributed by atoms with Crippen LogP contribution >= 0.6 is 24.0 Å². The number of hydrogen-bond acceptors (Lipinski definition) is 5. The molecule has 3 aromatic rings. The van der Waals surface area contributed by atoms with Gasteiger partial charge in [0.2, 0.25) is 0 Å². The number of ether oxygens (including phenoxy) is 1. The summed E-state index contributed by atoms with van der Waals surface area (Å²) >= 11 is 0. The van der Waals surface area contributed by atoms with Crippen molar-refractivity contribution in [1.82, 2.24) is 34.8 Å². The van der Waals surface area contributed by atoms with Crippen molar-refractivity contribution in [3.8, 4) is 5.82 Å². The molecule has 1 aliphatic heterocycles. The molecule has 0 spiro atoms. The molecule has 10 heteroatoms. The van der Waals surface area contributed by atoms with Gasteiger partial charge in [0.15, 0.2) is 11.8 Å². The number of pyridine rings is 1. The van der Waals surface area contributed by atoms with E-state index in [0.29, 0.717) is 13.2 Å². The van der Waals surface area contributed by atoms with Crippen LogP contribution < -0.4 is 5.32 Å². The zero-order chi connectivity index (χ0) is 21.8. The molecule has 1 aliphatic rings. The Morgan fingerprint density at radius 2 is 2.12 bits per heavy atom. The van der Waals surface area contributed by atoms with E-state index in [1.165, 1.54) is 0 Å². The van der Waals surface area contributed by atoms with E-state index in [-0.39, 0.29) is 30.1 Å². The van der Waals surface area contributed by atoms with Gasteiger partial charge in [-0.2, -0.15) is 10.2 Å². The van der Waals surface area contributed by atoms with Gasteiger partial charge in [-0.3, -0.25) is 4.68 Å². The molecule has 0 aliphatic carbocycles. The fourth-order valence-corrected chi connectivity index (χ4v) is 3.74. The quantitative estimate of drug-likeness (QED) is 0.299. The summed E-state index contributed by atoms with van der Waals surface area (Å²) in [6.45, 7) is 9.67. The van der Waals surface area contributed by atoms with Crippen LogP contribution in [-0.2, 0) is 18.3 Å². The third-order valence-corrected chi connectivity index (χ3v) is 5.24. The summed E-state index contributed by atoms with van der Waals surface area (Å²) in [5, 5.41) is 12.2. The summed E-state index contributed by atoms with van der Waals surface area (Å²) < 4.78 is 9.63. The number of nitrogens with zero attached hydrogens (tertiary/aromatic N) is 7. The number of aliphatic imine (C=N–C) groups is 1. The van der Waals surface area contributed by atoms with E-state index >= 15 is 0 Å². The highest BCUT2D eigenvalue weighted by Crippen LogP contribution is 2.21. The Hall–Kier alpha value is -2.47. The molecule has 4 heterocycles. The van der Waals surface area contributed by atoms with Crippen LogP contribution in [0.25, 0.3) is 5.82 Å². The van der Waals surface area contributed by atoms with Crippen molar-refractivity contribution in [1.29, 1.82) is 0 Å². The van der Waals surface area contributed by atoms with Crippen LogP contribution in [0.5, 0.6) is 0 Å². The molecule has 9 nitrogen and oxygen atoms in total. The standard InChI is InChI=1S/C22H30N8O.HI/c1-5-23-22(29-8-9-31-20(15-29)19-13-26-28(4)14-19)25-12-18-6-7-21(24-11-18)30-17(3)10-16(2)27-30;/h6-7,10-11,13-14,20H,5,8-9,12,15H2,1-4H3,(H,23,25);1H. The van der Waals surface area contributed by atoms with E-state index in [4.69, 9.17) is 9.73 Å². The van der Waals surface area contributed by atoms with Crippen LogP contribution in [0.15, 0.2) is 41.8 Å². The highest BCUT2D eigenvalue weighted by molar-refractivity contribution is 14.0. The maximum Gasteiger partial charge on any atom is 0.194 e. The Morgan fingerprint density at radius 1 is 1.28 bits per heavy atom. The first kappa shape index (κ1) is 24.2. The minimum Gasteiger partial charge on any atom is -0.370 e. The number of nitrogens with one attached hydrogen (secondary N) is 1. The third kappa shape index (κ3) is 5.66. The van der Waals surface area contributed by atoms with Crippen molar-refractivity contribution < 1.29 is 4.74 Å². The number of morpholine rings is 1. The minimum atomic E-state index is -0.00646. The molecule has 3 aromatic heterocycles. The van der Waals surface area contributed by atoms with Crippen molar-refractivity contribution in [2.45, 2.75) is 33.4 Å². The number of hydrogen-bond donors (Lipinski definition) is 1. The Bertz CT molecular complexity index is 1040. The second-order valence-corrected chi connectivity index (χ2v) is 7.79. The average Bonchev–Trinajstić information content (AvgIpc) is 3.36. The molecule has 1 fully saturated rings. The van der Waals surface area contributed by atoms with E-state index in [1.54, 1.807) is 4.68 Å². The van der Waals surface area contributed by atoms with E-state index in [1.807, 2.05) is 56.3 Å². The lowest BCUT2D eigenvalue weighted by Gasteiger charge is -2.34. The van der Waals surface area contributed by atoms with Gasteiger partial charge in [0.25, 0.3) is 0 Å². The Morgan fingerprint density at radius 3 is 2.75 bits per heavy atom. The van der Waals surface area contributed by atoms with Crippen LogP contribution in [0.1, 0.15) is 35.5 Å². The molecule has 1 N–H and O–H groups in total. The molecule has 0 bridgehead atoms. The number of aryl methyl sites for hydroxylation is 3. The Kier molecular flexibility index (Phi) is 8.24. The zero-order valence-electron chi connectivity index (χ0n) is 19.0. The molecule has 0 saturated carbocycles. The van der Waals surface area contributed by atoms with Gasteiger partial charge in [0, 0.05) is 43.8 Å². The molecule has 1 unspecified atom stereocenters. The summed E-state index contributed by atoms with van der Waals surface area (Å²) in [7, 11) is 1.92. The first-order valence-electron chi connectivity index (χ1n) is 10.7. The predicted molar refractivity (Wildman–Crippen MR) is 135 cm³/mol. The summed E-state index contributed by atoms with van der Waals surface area (Å²) in [6.07, 6.45) is 5.74. The fourth-order valence-electron chi connectivity index (χ4n) is 3.74. The molecule has 1 saturated heterocycles. The minimum absolute atomic E-state index is 0. The van der Waals surface area contributed by atoms with Gasteiger partial charge in [0.1, 0.15) is 6.10 Å². The van der Waals surface area contributed by atoms with Gasteiger partial charge in [-0.15, -0.1) is 24.0 Å². The average molecular weight is 550 g/mol. The van der Waals surface area contributed by atoms with Crippen LogP contribution in [0.4, 0.5) is 0 Å². The smallest absolute Gasteiger partial charge is 0.194 e. The lowest BCUT2D eigenvalue weighted by Crippen LogP contribution is -2.48. The van der Waals surface area contributed by atoms with Gasteiger partial charge in [0.05, 0.1) is 31.6 Å².